The minimum Gasteiger partial charge on any atom is -0.465 e. The number of ether oxygens (including phenoxy) is 1. The van der Waals surface area contributed by atoms with Crippen molar-refractivity contribution >= 4 is 40.5 Å². The van der Waals surface area contributed by atoms with E-state index in [0.717, 1.165) is 10.4 Å². The average molecular weight is 372 g/mol. The number of rotatable bonds is 4. The summed E-state index contributed by atoms with van der Waals surface area (Å²) in [6, 6.07) is 17.9. The van der Waals surface area contributed by atoms with Gasteiger partial charge in [-0.05, 0) is 35.9 Å². The first-order chi connectivity index (χ1) is 12.1. The maximum Gasteiger partial charge on any atom is 0.350 e. The van der Waals surface area contributed by atoms with Crippen LogP contribution in [0.1, 0.15) is 20.0 Å². The third-order valence-electron chi connectivity index (χ3n) is 3.52. The van der Waals surface area contributed by atoms with Gasteiger partial charge in [-0.25, -0.2) is 4.79 Å². The molecule has 0 unspecified atom stereocenters. The molecule has 0 aliphatic heterocycles. The van der Waals surface area contributed by atoms with Gasteiger partial charge in [-0.3, -0.25) is 4.79 Å². The van der Waals surface area contributed by atoms with Crippen LogP contribution in [0.2, 0.25) is 5.02 Å². The zero-order valence-electron chi connectivity index (χ0n) is 13.3. The van der Waals surface area contributed by atoms with Crippen molar-refractivity contribution in [3.05, 3.63) is 76.1 Å². The third kappa shape index (κ3) is 3.90. The quantitative estimate of drug-likeness (QED) is 0.648. The number of amides is 1. The fraction of sp³-hybridized carbons (Fsp3) is 0.0526. The minimum absolute atomic E-state index is 0.320. The number of hydrogen-bond acceptors (Lipinski definition) is 4. The Morgan fingerprint density at radius 1 is 1.04 bits per heavy atom. The van der Waals surface area contributed by atoms with Crippen molar-refractivity contribution in [3.8, 4) is 10.4 Å². The minimum atomic E-state index is -0.487. The molecule has 0 saturated heterocycles. The van der Waals surface area contributed by atoms with E-state index in [1.165, 1.54) is 18.4 Å². The van der Waals surface area contributed by atoms with E-state index in [9.17, 15) is 9.59 Å². The summed E-state index contributed by atoms with van der Waals surface area (Å²) in [7, 11) is 1.31. The van der Waals surface area contributed by atoms with Gasteiger partial charge in [-0.1, -0.05) is 41.9 Å². The maximum absolute atomic E-state index is 12.4. The molecule has 2 aromatic carbocycles. The van der Waals surface area contributed by atoms with Crippen LogP contribution in [0.4, 0.5) is 5.69 Å². The molecule has 0 atom stereocenters. The number of halogens is 1. The molecule has 0 radical (unpaired) electrons. The van der Waals surface area contributed by atoms with E-state index in [1.807, 2.05) is 30.3 Å². The molecule has 1 heterocycles. The van der Waals surface area contributed by atoms with Gasteiger partial charge < -0.3 is 10.1 Å². The van der Waals surface area contributed by atoms with Crippen molar-refractivity contribution in [2.45, 2.75) is 0 Å². The zero-order chi connectivity index (χ0) is 17.8. The SMILES string of the molecule is COC(=O)c1sc(-c2ccccc2)cc1NC(=O)c1ccc(Cl)cc1. The molecule has 0 fully saturated rings. The summed E-state index contributed by atoms with van der Waals surface area (Å²) in [5, 5.41) is 3.33. The highest BCUT2D eigenvalue weighted by Gasteiger charge is 2.20. The molecule has 126 valence electrons. The number of benzene rings is 2. The van der Waals surface area contributed by atoms with Crippen molar-refractivity contribution in [1.29, 1.82) is 0 Å². The Labute approximate surface area is 154 Å². The summed E-state index contributed by atoms with van der Waals surface area (Å²) in [5.74, 6) is -0.808. The Hall–Kier alpha value is -2.63. The highest BCUT2D eigenvalue weighted by molar-refractivity contribution is 7.18. The molecule has 25 heavy (non-hydrogen) atoms. The summed E-state index contributed by atoms with van der Waals surface area (Å²) < 4.78 is 4.83. The second kappa shape index (κ2) is 7.51. The van der Waals surface area contributed by atoms with Crippen LogP contribution in [-0.2, 0) is 4.74 Å². The molecule has 0 aliphatic rings. The van der Waals surface area contributed by atoms with Crippen LogP contribution in [-0.4, -0.2) is 19.0 Å². The summed E-state index contributed by atoms with van der Waals surface area (Å²) in [5.41, 5.74) is 1.84. The van der Waals surface area contributed by atoms with Gasteiger partial charge in [0, 0.05) is 15.5 Å². The molecule has 0 aliphatic carbocycles. The fourth-order valence-corrected chi connectivity index (χ4v) is 3.43. The van der Waals surface area contributed by atoms with E-state index in [1.54, 1.807) is 30.3 Å². The molecule has 3 rings (SSSR count). The first-order valence-electron chi connectivity index (χ1n) is 7.43. The van der Waals surface area contributed by atoms with Crippen LogP contribution in [0.3, 0.4) is 0 Å². The molecule has 4 nitrogen and oxygen atoms in total. The van der Waals surface area contributed by atoms with Gasteiger partial charge in [0.2, 0.25) is 0 Å². The number of hydrogen-bond donors (Lipinski definition) is 1. The van der Waals surface area contributed by atoms with Gasteiger partial charge in [-0.15, -0.1) is 11.3 Å². The highest BCUT2D eigenvalue weighted by Crippen LogP contribution is 2.35. The summed E-state index contributed by atoms with van der Waals surface area (Å²) in [6.45, 7) is 0. The molecule has 3 aromatic rings. The first-order valence-corrected chi connectivity index (χ1v) is 8.62. The molecule has 0 spiro atoms. The van der Waals surface area contributed by atoms with Crippen LogP contribution in [0.25, 0.3) is 10.4 Å². The maximum atomic E-state index is 12.4. The molecular formula is C19H14ClNO3S. The lowest BCUT2D eigenvalue weighted by Crippen LogP contribution is -2.13. The lowest BCUT2D eigenvalue weighted by molar-refractivity contribution is 0.0607. The van der Waals surface area contributed by atoms with Gasteiger partial charge >= 0.3 is 5.97 Å². The van der Waals surface area contributed by atoms with Crippen LogP contribution < -0.4 is 5.32 Å². The Morgan fingerprint density at radius 2 is 1.72 bits per heavy atom. The van der Waals surface area contributed by atoms with Gasteiger partial charge in [0.25, 0.3) is 5.91 Å². The van der Waals surface area contributed by atoms with E-state index in [4.69, 9.17) is 16.3 Å². The van der Waals surface area contributed by atoms with Gasteiger partial charge in [0.05, 0.1) is 12.8 Å². The predicted molar refractivity (Wildman–Crippen MR) is 100 cm³/mol. The molecule has 0 bridgehead atoms. The lowest BCUT2D eigenvalue weighted by atomic mass is 10.2. The molecule has 0 saturated carbocycles. The number of esters is 1. The normalized spacial score (nSPS) is 10.3. The van der Waals surface area contributed by atoms with Gasteiger partial charge in [0.1, 0.15) is 4.88 Å². The van der Waals surface area contributed by atoms with Crippen LogP contribution in [0.5, 0.6) is 0 Å². The van der Waals surface area contributed by atoms with Crippen molar-refractivity contribution in [2.75, 3.05) is 12.4 Å². The summed E-state index contributed by atoms with van der Waals surface area (Å²) in [6.07, 6.45) is 0. The largest absolute Gasteiger partial charge is 0.465 e. The predicted octanol–water partition coefficient (Wildman–Crippen LogP) is 5.11. The van der Waals surface area contributed by atoms with Crippen molar-refractivity contribution in [1.82, 2.24) is 0 Å². The summed E-state index contributed by atoms with van der Waals surface area (Å²) in [4.78, 5) is 25.7. The van der Waals surface area contributed by atoms with Gasteiger partial charge in [0.15, 0.2) is 0 Å². The second-order valence-electron chi connectivity index (χ2n) is 5.17. The second-order valence-corrected chi connectivity index (χ2v) is 6.66. The Morgan fingerprint density at radius 3 is 2.36 bits per heavy atom. The smallest absolute Gasteiger partial charge is 0.350 e. The van der Waals surface area contributed by atoms with E-state index < -0.39 is 5.97 Å². The van der Waals surface area contributed by atoms with Crippen molar-refractivity contribution in [3.63, 3.8) is 0 Å². The van der Waals surface area contributed by atoms with E-state index >= 15 is 0 Å². The summed E-state index contributed by atoms with van der Waals surface area (Å²) >= 11 is 7.12. The molecule has 1 aromatic heterocycles. The Balaban J connectivity index is 1.94. The molecule has 1 N–H and O–H groups in total. The van der Waals surface area contributed by atoms with Gasteiger partial charge in [-0.2, -0.15) is 0 Å². The van der Waals surface area contributed by atoms with E-state index in [-0.39, 0.29) is 5.91 Å². The number of carbonyl (C=O) groups excluding carboxylic acids is 2. The van der Waals surface area contributed by atoms with Crippen LogP contribution in [0.15, 0.2) is 60.7 Å². The van der Waals surface area contributed by atoms with Crippen LogP contribution >= 0.6 is 22.9 Å². The van der Waals surface area contributed by atoms with Crippen LogP contribution in [0, 0.1) is 0 Å². The number of anilines is 1. The molecular weight excluding hydrogens is 358 g/mol. The van der Waals surface area contributed by atoms with Crippen molar-refractivity contribution in [2.24, 2.45) is 0 Å². The zero-order valence-corrected chi connectivity index (χ0v) is 14.9. The standard InChI is InChI=1S/C19H14ClNO3S/c1-24-19(23)17-15(11-16(25-17)12-5-3-2-4-6-12)21-18(22)13-7-9-14(20)10-8-13/h2-11H,1H3,(H,21,22). The first kappa shape index (κ1) is 17.2. The monoisotopic (exact) mass is 371 g/mol. The number of carbonyl (C=O) groups is 2. The Bertz CT molecular complexity index is 904. The molecule has 6 heteroatoms. The topological polar surface area (TPSA) is 55.4 Å². The van der Waals surface area contributed by atoms with E-state index in [2.05, 4.69) is 5.32 Å². The number of nitrogens with one attached hydrogen (secondary N) is 1. The third-order valence-corrected chi connectivity index (χ3v) is 4.93. The molecule has 1 amide bonds. The lowest BCUT2D eigenvalue weighted by Gasteiger charge is -2.05. The average Bonchev–Trinajstić information content (AvgIpc) is 3.06. The fourth-order valence-electron chi connectivity index (χ4n) is 2.27. The van der Waals surface area contributed by atoms with E-state index in [0.29, 0.717) is 21.2 Å². The highest BCUT2D eigenvalue weighted by atomic mass is 35.5. The Kier molecular flexibility index (Phi) is 5.16. The van der Waals surface area contributed by atoms with Crippen molar-refractivity contribution < 1.29 is 14.3 Å². The number of methoxy groups -OCH3 is 1. The number of thiophene rings is 1.